The second-order valence-corrected chi connectivity index (χ2v) is 5.08. The molecule has 0 atom stereocenters. The Balaban J connectivity index is 1.54. The lowest BCUT2D eigenvalue weighted by atomic mass is 10.1. The molecular weight excluding hydrogens is 284 g/mol. The Morgan fingerprint density at radius 2 is 2.09 bits per heavy atom. The first-order valence-corrected chi connectivity index (χ1v) is 7.07. The van der Waals surface area contributed by atoms with Crippen LogP contribution in [0.3, 0.4) is 0 Å². The zero-order valence-corrected chi connectivity index (χ0v) is 11.9. The number of aromatic nitrogens is 4. The predicted molar refractivity (Wildman–Crippen MR) is 79.9 cm³/mol. The molecule has 8 heteroatoms. The molecule has 0 unspecified atom stereocenters. The average molecular weight is 300 g/mol. The van der Waals surface area contributed by atoms with E-state index in [0.29, 0.717) is 5.82 Å². The van der Waals surface area contributed by atoms with Crippen molar-refractivity contribution in [3.8, 4) is 0 Å². The van der Waals surface area contributed by atoms with Crippen molar-refractivity contribution in [1.29, 1.82) is 0 Å². The van der Waals surface area contributed by atoms with Crippen LogP contribution in [-0.2, 0) is 0 Å². The molecule has 0 aliphatic carbocycles. The minimum absolute atomic E-state index is 0.0528. The number of rotatable bonds is 4. The van der Waals surface area contributed by atoms with E-state index in [9.17, 15) is 4.79 Å². The van der Waals surface area contributed by atoms with Gasteiger partial charge in [-0.15, -0.1) is 5.10 Å². The van der Waals surface area contributed by atoms with Crippen molar-refractivity contribution in [2.45, 2.75) is 18.9 Å². The first-order chi connectivity index (χ1) is 10.7. The highest BCUT2D eigenvalue weighted by molar-refractivity contribution is 5.84. The second-order valence-electron chi connectivity index (χ2n) is 5.08. The zero-order valence-electron chi connectivity index (χ0n) is 11.9. The zero-order chi connectivity index (χ0) is 15.4. The summed E-state index contributed by atoms with van der Waals surface area (Å²) in [6.45, 7) is 1.77. The van der Waals surface area contributed by atoms with Gasteiger partial charge in [-0.3, -0.25) is 0 Å². The molecule has 22 heavy (non-hydrogen) atoms. The fourth-order valence-electron chi connectivity index (χ4n) is 2.44. The topological polar surface area (TPSA) is 104 Å². The summed E-state index contributed by atoms with van der Waals surface area (Å²) in [4.78, 5) is 20.9. The molecule has 1 fully saturated rings. The van der Waals surface area contributed by atoms with Gasteiger partial charge in [0.2, 0.25) is 0 Å². The number of carboxylic acids is 1. The summed E-state index contributed by atoms with van der Waals surface area (Å²) in [6, 6.07) is 4.13. The lowest BCUT2D eigenvalue weighted by Crippen LogP contribution is -2.39. The van der Waals surface area contributed by atoms with Crippen LogP contribution in [0.4, 0.5) is 11.6 Å². The van der Waals surface area contributed by atoms with E-state index in [-0.39, 0.29) is 11.7 Å². The lowest BCUT2D eigenvalue weighted by Gasteiger charge is -2.32. The summed E-state index contributed by atoms with van der Waals surface area (Å²) in [7, 11) is 0. The number of anilines is 2. The smallest absolute Gasteiger partial charge is 0.356 e. The monoisotopic (exact) mass is 300 g/mol. The van der Waals surface area contributed by atoms with Gasteiger partial charge in [0.1, 0.15) is 5.82 Å². The van der Waals surface area contributed by atoms with E-state index >= 15 is 0 Å². The minimum atomic E-state index is -1.07. The molecule has 2 aromatic rings. The number of aromatic carboxylic acids is 1. The molecule has 0 aromatic carbocycles. The summed E-state index contributed by atoms with van der Waals surface area (Å²) in [6.07, 6.45) is 6.27. The molecule has 8 nitrogen and oxygen atoms in total. The van der Waals surface area contributed by atoms with Gasteiger partial charge < -0.3 is 15.3 Å². The highest BCUT2D eigenvalue weighted by Gasteiger charge is 2.20. The number of nitrogens with zero attached hydrogens (tertiary/aromatic N) is 5. The number of carbonyl (C=O) groups is 1. The third-order valence-corrected chi connectivity index (χ3v) is 3.60. The Hall–Kier alpha value is -2.77. The molecule has 3 heterocycles. The summed E-state index contributed by atoms with van der Waals surface area (Å²) < 4.78 is 0. The van der Waals surface area contributed by atoms with Gasteiger partial charge in [0, 0.05) is 25.3 Å². The molecule has 0 spiro atoms. The van der Waals surface area contributed by atoms with Gasteiger partial charge in [0.15, 0.2) is 11.5 Å². The van der Waals surface area contributed by atoms with Gasteiger partial charge in [-0.05, 0) is 25.0 Å². The number of hydrogen-bond donors (Lipinski definition) is 2. The van der Waals surface area contributed by atoms with Crippen molar-refractivity contribution in [2.75, 3.05) is 23.3 Å². The lowest BCUT2D eigenvalue weighted by molar-refractivity contribution is 0.0690. The van der Waals surface area contributed by atoms with E-state index in [4.69, 9.17) is 5.11 Å². The van der Waals surface area contributed by atoms with E-state index in [1.54, 1.807) is 6.20 Å². The number of carboxylic acid groups (broad SMARTS) is 1. The summed E-state index contributed by atoms with van der Waals surface area (Å²) >= 11 is 0. The van der Waals surface area contributed by atoms with Gasteiger partial charge in [0.05, 0.1) is 12.4 Å². The van der Waals surface area contributed by atoms with Gasteiger partial charge in [0.25, 0.3) is 0 Å². The van der Waals surface area contributed by atoms with Crippen LogP contribution in [0, 0.1) is 0 Å². The average Bonchev–Trinajstić information content (AvgIpc) is 2.57. The van der Waals surface area contributed by atoms with E-state index in [2.05, 4.69) is 30.4 Å². The fraction of sp³-hybridized carbons (Fsp3) is 0.357. The first kappa shape index (κ1) is 14.2. The first-order valence-electron chi connectivity index (χ1n) is 7.07. The summed E-state index contributed by atoms with van der Waals surface area (Å²) in [5.41, 5.74) is -0.0528. The number of hydrogen-bond acceptors (Lipinski definition) is 7. The van der Waals surface area contributed by atoms with Crippen molar-refractivity contribution < 1.29 is 9.90 Å². The molecule has 1 aliphatic heterocycles. The SMILES string of the molecule is O=C(O)c1cnc(NC2CCN(c3cccnn3)CC2)cn1. The molecule has 2 aromatic heterocycles. The normalized spacial score (nSPS) is 15.5. The van der Waals surface area contributed by atoms with Gasteiger partial charge >= 0.3 is 5.97 Å². The molecule has 2 N–H and O–H groups in total. The van der Waals surface area contributed by atoms with Crippen LogP contribution in [0.15, 0.2) is 30.7 Å². The maximum Gasteiger partial charge on any atom is 0.356 e. The standard InChI is InChI=1S/C14H16N6O2/c21-14(22)11-8-16-12(9-15-11)18-10-3-6-20(7-4-10)13-2-1-5-17-19-13/h1-2,5,8-10H,3-4,6-7H2,(H,16,18)(H,21,22). The molecular formula is C14H16N6O2. The Kier molecular flexibility index (Phi) is 4.08. The van der Waals surface area contributed by atoms with Crippen LogP contribution in [0.5, 0.6) is 0 Å². The summed E-state index contributed by atoms with van der Waals surface area (Å²) in [5.74, 6) is 0.422. The van der Waals surface area contributed by atoms with Crippen molar-refractivity contribution in [1.82, 2.24) is 20.2 Å². The molecule has 114 valence electrons. The third-order valence-electron chi connectivity index (χ3n) is 3.60. The van der Waals surface area contributed by atoms with Crippen LogP contribution >= 0.6 is 0 Å². The largest absolute Gasteiger partial charge is 0.476 e. The Morgan fingerprint density at radius 3 is 2.68 bits per heavy atom. The third kappa shape index (κ3) is 3.27. The van der Waals surface area contributed by atoms with E-state index in [1.165, 1.54) is 12.4 Å². The molecule has 0 amide bonds. The Morgan fingerprint density at radius 1 is 1.27 bits per heavy atom. The highest BCUT2D eigenvalue weighted by Crippen LogP contribution is 2.19. The quantitative estimate of drug-likeness (QED) is 0.863. The van der Waals surface area contributed by atoms with Gasteiger partial charge in [-0.25, -0.2) is 14.8 Å². The van der Waals surface area contributed by atoms with Gasteiger partial charge in [-0.1, -0.05) is 0 Å². The van der Waals surface area contributed by atoms with Crippen LogP contribution < -0.4 is 10.2 Å². The summed E-state index contributed by atoms with van der Waals surface area (Å²) in [5, 5.41) is 20.1. The van der Waals surface area contributed by atoms with Crippen LogP contribution in [0.1, 0.15) is 23.3 Å². The van der Waals surface area contributed by atoms with Crippen LogP contribution in [-0.4, -0.2) is 50.4 Å². The van der Waals surface area contributed by atoms with E-state index < -0.39 is 5.97 Å². The predicted octanol–water partition coefficient (Wildman–Crippen LogP) is 1.05. The van der Waals surface area contributed by atoms with E-state index in [1.807, 2.05) is 12.1 Å². The van der Waals surface area contributed by atoms with Crippen molar-refractivity contribution in [2.24, 2.45) is 0 Å². The molecule has 3 rings (SSSR count). The highest BCUT2D eigenvalue weighted by atomic mass is 16.4. The molecule has 0 saturated carbocycles. The molecule has 0 radical (unpaired) electrons. The Labute approximate surface area is 127 Å². The number of nitrogens with one attached hydrogen (secondary N) is 1. The minimum Gasteiger partial charge on any atom is -0.476 e. The molecule has 1 saturated heterocycles. The fourth-order valence-corrected chi connectivity index (χ4v) is 2.44. The van der Waals surface area contributed by atoms with Crippen molar-refractivity contribution in [3.05, 3.63) is 36.4 Å². The maximum absolute atomic E-state index is 10.7. The molecule has 0 bridgehead atoms. The maximum atomic E-state index is 10.7. The van der Waals surface area contributed by atoms with Crippen LogP contribution in [0.25, 0.3) is 0 Å². The van der Waals surface area contributed by atoms with Crippen molar-refractivity contribution in [3.63, 3.8) is 0 Å². The van der Waals surface area contributed by atoms with Crippen molar-refractivity contribution >= 4 is 17.6 Å². The Bertz CT molecular complexity index is 626. The van der Waals surface area contributed by atoms with Crippen LogP contribution in [0.2, 0.25) is 0 Å². The van der Waals surface area contributed by atoms with Gasteiger partial charge in [-0.2, -0.15) is 5.10 Å². The van der Waals surface area contributed by atoms with E-state index in [0.717, 1.165) is 31.7 Å². The molecule has 1 aliphatic rings. The number of piperidine rings is 1. The second kappa shape index (κ2) is 6.33.